The highest BCUT2D eigenvalue weighted by Gasteiger charge is 2.21. The molecule has 0 aliphatic carbocycles. The number of amides is 1. The molecule has 0 saturated carbocycles. The van der Waals surface area contributed by atoms with Crippen molar-refractivity contribution in [2.45, 2.75) is 6.92 Å². The van der Waals surface area contributed by atoms with Crippen LogP contribution in [0.4, 0.5) is 0 Å². The molecule has 1 aromatic carbocycles. The molecule has 5 aromatic rings. The normalized spacial score (nSPS) is 11.4. The van der Waals surface area contributed by atoms with Gasteiger partial charge in [0, 0.05) is 27.0 Å². The summed E-state index contributed by atoms with van der Waals surface area (Å²) in [6.07, 6.45) is 3.01. The molecule has 0 radical (unpaired) electrons. The third kappa shape index (κ3) is 3.34. The number of aromatic nitrogens is 3. The van der Waals surface area contributed by atoms with E-state index in [2.05, 4.69) is 9.97 Å². The third-order valence-electron chi connectivity index (χ3n) is 5.30. The standard InChI is InChI=1S/C22H15ClN4O4S2/c1-9-17-14(7-25-8-16(17)33-18(9)20(24)28)27-21(29)19-13(26-22(27)30)6-15(32-19)11-5-10(31-2)3-4-12(11)23/h3-8H,1-2H3,(H2,24,28)(H,26,30). The summed E-state index contributed by atoms with van der Waals surface area (Å²) in [5, 5.41) is 1.08. The number of halogens is 1. The van der Waals surface area contributed by atoms with E-state index in [0.717, 1.165) is 4.57 Å². The van der Waals surface area contributed by atoms with Crippen LogP contribution in [-0.4, -0.2) is 27.6 Å². The molecule has 8 nitrogen and oxygen atoms in total. The first-order valence-corrected chi connectivity index (χ1v) is 11.6. The van der Waals surface area contributed by atoms with E-state index in [-0.39, 0.29) is 5.69 Å². The van der Waals surface area contributed by atoms with Gasteiger partial charge in [-0.15, -0.1) is 22.7 Å². The van der Waals surface area contributed by atoms with Crippen LogP contribution in [0.5, 0.6) is 5.75 Å². The lowest BCUT2D eigenvalue weighted by Gasteiger charge is -2.07. The lowest BCUT2D eigenvalue weighted by atomic mass is 10.1. The molecule has 4 heterocycles. The van der Waals surface area contributed by atoms with Gasteiger partial charge in [0.25, 0.3) is 11.5 Å². The van der Waals surface area contributed by atoms with Crippen LogP contribution in [-0.2, 0) is 0 Å². The number of nitrogens with zero attached hydrogens (tertiary/aromatic N) is 2. The molecule has 0 fully saturated rings. The minimum absolute atomic E-state index is 0.288. The Balaban J connectivity index is 1.78. The van der Waals surface area contributed by atoms with Crippen molar-refractivity contribution in [3.63, 3.8) is 0 Å². The lowest BCUT2D eigenvalue weighted by Crippen LogP contribution is -2.33. The summed E-state index contributed by atoms with van der Waals surface area (Å²) in [5.74, 6) is 0.0446. The molecule has 0 saturated heterocycles. The first kappa shape index (κ1) is 21.4. The van der Waals surface area contributed by atoms with E-state index in [0.29, 0.717) is 52.0 Å². The number of carbonyl (C=O) groups excluding carboxylic acids is 1. The van der Waals surface area contributed by atoms with Crippen molar-refractivity contribution in [1.29, 1.82) is 0 Å². The van der Waals surface area contributed by atoms with Crippen LogP contribution in [0.2, 0.25) is 5.02 Å². The quantitative estimate of drug-likeness (QED) is 0.386. The summed E-state index contributed by atoms with van der Waals surface area (Å²) < 4.78 is 7.32. The number of thiophene rings is 2. The number of H-pyrrole nitrogens is 1. The number of ether oxygens (including phenoxy) is 1. The van der Waals surface area contributed by atoms with Crippen molar-refractivity contribution in [2.24, 2.45) is 5.73 Å². The maximum atomic E-state index is 13.5. The highest BCUT2D eigenvalue weighted by molar-refractivity contribution is 7.22. The maximum Gasteiger partial charge on any atom is 0.333 e. The number of pyridine rings is 1. The second-order valence-corrected chi connectivity index (χ2v) is 9.73. The molecule has 0 spiro atoms. The Morgan fingerprint density at radius 3 is 2.73 bits per heavy atom. The minimum atomic E-state index is -0.617. The SMILES string of the molecule is COc1ccc(Cl)c(-c2cc3[nH]c(=O)n(-c4cncc5sc(C(N)=O)c(C)c45)c(=O)c3s2)c1. The third-order valence-corrected chi connectivity index (χ3v) is 8.02. The summed E-state index contributed by atoms with van der Waals surface area (Å²) in [7, 11) is 1.55. The highest BCUT2D eigenvalue weighted by Crippen LogP contribution is 2.38. The zero-order valence-electron chi connectivity index (χ0n) is 17.3. The second kappa shape index (κ2) is 7.84. The molecule has 0 aliphatic rings. The second-order valence-electron chi connectivity index (χ2n) is 7.22. The predicted molar refractivity (Wildman–Crippen MR) is 131 cm³/mol. The summed E-state index contributed by atoms with van der Waals surface area (Å²) in [5.41, 5.74) is 6.35. The van der Waals surface area contributed by atoms with Crippen LogP contribution < -0.4 is 21.7 Å². The van der Waals surface area contributed by atoms with E-state index in [9.17, 15) is 14.4 Å². The van der Waals surface area contributed by atoms with E-state index < -0.39 is 17.2 Å². The number of benzene rings is 1. The van der Waals surface area contributed by atoms with Gasteiger partial charge in [0.1, 0.15) is 10.4 Å². The Hall–Kier alpha value is -3.47. The molecular formula is C22H15ClN4O4S2. The summed E-state index contributed by atoms with van der Waals surface area (Å²) in [6, 6.07) is 6.94. The molecule has 0 bridgehead atoms. The van der Waals surface area contributed by atoms with E-state index in [4.69, 9.17) is 22.1 Å². The van der Waals surface area contributed by atoms with Gasteiger partial charge >= 0.3 is 5.69 Å². The van der Waals surface area contributed by atoms with Gasteiger partial charge in [0.15, 0.2) is 0 Å². The Morgan fingerprint density at radius 1 is 1.21 bits per heavy atom. The number of rotatable bonds is 4. The summed E-state index contributed by atoms with van der Waals surface area (Å²) >= 11 is 8.76. The number of fused-ring (bicyclic) bond motifs is 2. The van der Waals surface area contributed by atoms with Crippen LogP contribution in [0.25, 0.3) is 36.4 Å². The lowest BCUT2D eigenvalue weighted by molar-refractivity contribution is 0.100. The number of aromatic amines is 1. The van der Waals surface area contributed by atoms with Gasteiger partial charge in [-0.25, -0.2) is 9.36 Å². The number of hydrogen-bond donors (Lipinski definition) is 2. The summed E-state index contributed by atoms with van der Waals surface area (Å²) in [4.78, 5) is 46.3. The molecular weight excluding hydrogens is 484 g/mol. The topological polar surface area (TPSA) is 120 Å². The number of aryl methyl sites for hydroxylation is 1. The van der Waals surface area contributed by atoms with Crippen molar-refractivity contribution < 1.29 is 9.53 Å². The maximum absolute atomic E-state index is 13.5. The number of nitrogens with two attached hydrogens (primary N) is 1. The van der Waals surface area contributed by atoms with Crippen molar-refractivity contribution in [2.75, 3.05) is 7.11 Å². The molecule has 5 rings (SSSR count). The Bertz CT molecular complexity index is 1710. The van der Waals surface area contributed by atoms with Crippen molar-refractivity contribution in [1.82, 2.24) is 14.5 Å². The molecule has 4 aromatic heterocycles. The predicted octanol–water partition coefficient (Wildman–Crippen LogP) is 4.09. The zero-order valence-corrected chi connectivity index (χ0v) is 19.7. The monoisotopic (exact) mass is 498 g/mol. The number of hydrogen-bond acceptors (Lipinski definition) is 7. The first-order valence-electron chi connectivity index (χ1n) is 9.60. The molecule has 0 aliphatic heterocycles. The van der Waals surface area contributed by atoms with Crippen molar-refractivity contribution >= 4 is 60.5 Å². The van der Waals surface area contributed by atoms with E-state index >= 15 is 0 Å². The fourth-order valence-electron chi connectivity index (χ4n) is 3.77. The fraction of sp³-hybridized carbons (Fsp3) is 0.0909. The smallest absolute Gasteiger partial charge is 0.333 e. The number of primary amides is 1. The van der Waals surface area contributed by atoms with Gasteiger partial charge in [-0.3, -0.25) is 14.6 Å². The summed E-state index contributed by atoms with van der Waals surface area (Å²) in [6.45, 7) is 1.73. The molecule has 11 heteroatoms. The van der Waals surface area contributed by atoms with Crippen molar-refractivity contribution in [3.8, 4) is 21.9 Å². The molecule has 166 valence electrons. The van der Waals surface area contributed by atoms with Gasteiger partial charge < -0.3 is 15.5 Å². The van der Waals surface area contributed by atoms with Crippen molar-refractivity contribution in [3.05, 3.63) is 73.0 Å². The largest absolute Gasteiger partial charge is 0.497 e. The molecule has 0 unspecified atom stereocenters. The fourth-order valence-corrected chi connectivity index (χ4v) is 6.17. The number of methoxy groups -OCH3 is 1. The average Bonchev–Trinajstić information content (AvgIpc) is 3.36. The first-order chi connectivity index (χ1) is 15.8. The van der Waals surface area contributed by atoms with Gasteiger partial charge in [0.05, 0.1) is 34.1 Å². The van der Waals surface area contributed by atoms with Gasteiger partial charge in [-0.1, -0.05) is 11.6 Å². The highest BCUT2D eigenvalue weighted by atomic mass is 35.5. The molecule has 0 atom stereocenters. The number of carbonyl (C=O) groups is 1. The van der Waals surface area contributed by atoms with Gasteiger partial charge in [0.2, 0.25) is 0 Å². The zero-order chi connectivity index (χ0) is 23.4. The Labute approximate surface area is 198 Å². The molecule has 3 N–H and O–H groups in total. The van der Waals surface area contributed by atoms with Gasteiger partial charge in [-0.2, -0.15) is 0 Å². The Kier molecular flexibility index (Phi) is 5.08. The minimum Gasteiger partial charge on any atom is -0.497 e. The number of nitrogens with one attached hydrogen (secondary N) is 1. The molecule has 33 heavy (non-hydrogen) atoms. The van der Waals surface area contributed by atoms with Crippen LogP contribution >= 0.6 is 34.3 Å². The van der Waals surface area contributed by atoms with Crippen LogP contribution in [0.3, 0.4) is 0 Å². The van der Waals surface area contributed by atoms with Crippen LogP contribution in [0, 0.1) is 6.92 Å². The van der Waals surface area contributed by atoms with E-state index in [1.165, 1.54) is 28.9 Å². The Morgan fingerprint density at radius 2 is 2.00 bits per heavy atom. The average molecular weight is 499 g/mol. The van der Waals surface area contributed by atoms with Crippen LogP contribution in [0.1, 0.15) is 15.2 Å². The van der Waals surface area contributed by atoms with E-state index in [1.807, 2.05) is 0 Å². The van der Waals surface area contributed by atoms with E-state index in [1.54, 1.807) is 44.5 Å². The molecule has 1 amide bonds. The van der Waals surface area contributed by atoms with Crippen LogP contribution in [0.15, 0.2) is 46.2 Å². The van der Waals surface area contributed by atoms with Gasteiger partial charge in [-0.05, 0) is 36.8 Å².